The van der Waals surface area contributed by atoms with E-state index in [0.717, 1.165) is 90.1 Å². The van der Waals surface area contributed by atoms with Gasteiger partial charge in [0.15, 0.2) is 0 Å². The largest absolute Gasteiger partial charge is 0.314 e. The molecular formula is C75H105N9O. The molecule has 6 aromatic rings. The fourth-order valence-electron chi connectivity index (χ4n) is 13.9. The predicted octanol–water partition coefficient (Wildman–Crippen LogP) is 12.2. The maximum atomic E-state index is 11.5. The zero-order chi connectivity index (χ0) is 58.7. The zero-order valence-electron chi connectivity index (χ0n) is 52.4. The standard InChI is InChI=1S/2C25H35N3.C20H23NO.C5H12N2/c2*1-26-16-18-27(19-17-26)24-12-14-25(15-13-24)28(20-22-8-4-2-5-9-22)21-23-10-6-3-7-11-23;22-20-13-11-19(12-14-20)21(15-17-7-3-1-4-8-17)16-18-9-5-2-6-10-18;1-7-4-2-6-3-5-7/h2*2-11,24-25H,12-21H2,1H3;1-10,19H,11-16H2;6H,2-5H2,1H3. The number of nitrogens with one attached hydrogen (secondary N) is 1. The van der Waals surface area contributed by atoms with E-state index in [1.54, 1.807) is 0 Å². The number of carbonyl (C=O) groups excluding carboxylic acids is 1. The third-order valence-electron chi connectivity index (χ3n) is 19.2. The molecule has 3 aliphatic carbocycles. The third-order valence-corrected chi connectivity index (χ3v) is 19.2. The van der Waals surface area contributed by atoms with Crippen molar-refractivity contribution in [3.05, 3.63) is 215 Å². The molecule has 0 bridgehead atoms. The molecule has 10 nitrogen and oxygen atoms in total. The van der Waals surface area contributed by atoms with E-state index < -0.39 is 0 Å². The molecule has 0 spiro atoms. The number of likely N-dealkylation sites (N-methyl/N-ethyl adjacent to an activating group) is 3. The third kappa shape index (κ3) is 22.1. The van der Waals surface area contributed by atoms with E-state index in [-0.39, 0.29) is 0 Å². The number of carbonyl (C=O) groups is 1. The van der Waals surface area contributed by atoms with Gasteiger partial charge in [0.25, 0.3) is 0 Å². The van der Waals surface area contributed by atoms with Crippen LogP contribution in [-0.4, -0.2) is 175 Å². The Morgan fingerprint density at radius 3 is 0.788 bits per heavy atom. The van der Waals surface area contributed by atoms with Gasteiger partial charge in [-0.05, 0) is 119 Å². The molecule has 3 saturated heterocycles. The smallest absolute Gasteiger partial charge is 0.133 e. The quantitative estimate of drug-likeness (QED) is 0.0956. The van der Waals surface area contributed by atoms with E-state index in [0.29, 0.717) is 23.9 Å². The highest BCUT2D eigenvalue weighted by Crippen LogP contribution is 2.32. The van der Waals surface area contributed by atoms with Crippen molar-refractivity contribution in [3.63, 3.8) is 0 Å². The van der Waals surface area contributed by atoms with Crippen LogP contribution in [0.25, 0.3) is 0 Å². The Morgan fingerprint density at radius 2 is 0.553 bits per heavy atom. The fraction of sp³-hybridized carbons (Fsp3) is 0.507. The maximum Gasteiger partial charge on any atom is 0.133 e. The van der Waals surface area contributed by atoms with Crippen LogP contribution in [0.2, 0.25) is 0 Å². The summed E-state index contributed by atoms with van der Waals surface area (Å²) in [7, 11) is 6.65. The van der Waals surface area contributed by atoms with Gasteiger partial charge in [-0.2, -0.15) is 0 Å². The number of Topliss-reactive ketones (excluding diaryl/α,β-unsaturated/α-hetero) is 1. The van der Waals surface area contributed by atoms with Gasteiger partial charge < -0.3 is 20.0 Å². The van der Waals surface area contributed by atoms with Crippen LogP contribution in [0.4, 0.5) is 0 Å². The van der Waals surface area contributed by atoms with Gasteiger partial charge in [0.1, 0.15) is 5.78 Å². The summed E-state index contributed by atoms with van der Waals surface area (Å²) < 4.78 is 0. The minimum Gasteiger partial charge on any atom is -0.314 e. The van der Waals surface area contributed by atoms with Gasteiger partial charge in [0.2, 0.25) is 0 Å². The highest BCUT2D eigenvalue weighted by molar-refractivity contribution is 5.79. The summed E-state index contributed by atoms with van der Waals surface area (Å²) in [5.41, 5.74) is 8.41. The van der Waals surface area contributed by atoms with E-state index in [1.807, 2.05) is 0 Å². The van der Waals surface area contributed by atoms with Crippen LogP contribution in [0.1, 0.15) is 110 Å². The lowest BCUT2D eigenvalue weighted by Gasteiger charge is -2.43. The lowest BCUT2D eigenvalue weighted by molar-refractivity contribution is -0.121. The Hall–Kier alpha value is -5.37. The van der Waals surface area contributed by atoms with Crippen molar-refractivity contribution in [2.75, 3.05) is 99.7 Å². The van der Waals surface area contributed by atoms with Gasteiger partial charge in [-0.15, -0.1) is 0 Å². The van der Waals surface area contributed by atoms with Gasteiger partial charge in [0.05, 0.1) is 0 Å². The first-order valence-electron chi connectivity index (χ1n) is 33.0. The van der Waals surface area contributed by atoms with Crippen LogP contribution in [-0.2, 0) is 44.1 Å². The monoisotopic (exact) mass is 1150 g/mol. The summed E-state index contributed by atoms with van der Waals surface area (Å²) in [6.45, 7) is 20.8. The van der Waals surface area contributed by atoms with Crippen molar-refractivity contribution < 1.29 is 4.79 Å². The number of hydrogen-bond acceptors (Lipinski definition) is 10. The molecule has 6 aliphatic rings. The molecule has 1 N–H and O–H groups in total. The lowest BCUT2D eigenvalue weighted by Crippen LogP contribution is -2.51. The average Bonchev–Trinajstić information content (AvgIpc) is 3.74. The van der Waals surface area contributed by atoms with Crippen LogP contribution in [0, 0.1) is 0 Å². The number of nitrogens with zero attached hydrogens (tertiary/aromatic N) is 8. The van der Waals surface area contributed by atoms with Crippen LogP contribution < -0.4 is 5.32 Å². The molecule has 0 unspecified atom stereocenters. The van der Waals surface area contributed by atoms with Gasteiger partial charge in [0, 0.05) is 161 Å². The second-order valence-corrected chi connectivity index (χ2v) is 25.6. The Kier molecular flexibility index (Phi) is 26.7. The number of piperazine rings is 3. The van der Waals surface area contributed by atoms with E-state index in [2.05, 4.69) is 248 Å². The van der Waals surface area contributed by atoms with Crippen LogP contribution >= 0.6 is 0 Å². The Bertz CT molecular complexity index is 2430. The second kappa shape index (κ2) is 35.4. The first-order valence-corrected chi connectivity index (χ1v) is 33.0. The molecular weight excluding hydrogens is 1040 g/mol. The van der Waals surface area contributed by atoms with Crippen molar-refractivity contribution in [3.8, 4) is 0 Å². The molecule has 6 aromatic carbocycles. The van der Waals surface area contributed by atoms with E-state index in [4.69, 9.17) is 0 Å². The Morgan fingerprint density at radius 1 is 0.318 bits per heavy atom. The molecule has 3 aliphatic heterocycles. The van der Waals surface area contributed by atoms with E-state index in [1.165, 1.54) is 150 Å². The summed E-state index contributed by atoms with van der Waals surface area (Å²) in [6, 6.07) is 68.8. The van der Waals surface area contributed by atoms with Crippen LogP contribution in [0.15, 0.2) is 182 Å². The second-order valence-electron chi connectivity index (χ2n) is 25.6. The zero-order valence-corrected chi connectivity index (χ0v) is 52.4. The summed E-state index contributed by atoms with van der Waals surface area (Å²) in [5, 5.41) is 3.27. The van der Waals surface area contributed by atoms with Crippen LogP contribution in [0.3, 0.4) is 0 Å². The van der Waals surface area contributed by atoms with Gasteiger partial charge >= 0.3 is 0 Å². The molecule has 12 rings (SSSR count). The summed E-state index contributed by atoms with van der Waals surface area (Å²) >= 11 is 0. The molecule has 6 fully saturated rings. The SMILES string of the molecule is CN1CCN(C2CCC(N(Cc3ccccc3)Cc3ccccc3)CC2)CC1.CN1CCN(C2CCC(N(Cc3ccccc3)Cc3ccccc3)CC2)CC1.CN1CCNCC1.O=C1CCC(N(Cc2ccccc2)Cc2ccccc2)CC1. The highest BCUT2D eigenvalue weighted by Gasteiger charge is 2.32. The molecule has 85 heavy (non-hydrogen) atoms. The number of rotatable bonds is 17. The summed E-state index contributed by atoms with van der Waals surface area (Å²) in [6.07, 6.45) is 14.2. The Balaban J connectivity index is 0.000000145. The molecule has 3 saturated carbocycles. The fourth-order valence-corrected chi connectivity index (χ4v) is 13.9. The molecule has 0 aromatic heterocycles. The molecule has 456 valence electrons. The normalized spacial score (nSPS) is 22.4. The van der Waals surface area contributed by atoms with Gasteiger partial charge in [-0.3, -0.25) is 29.3 Å². The average molecular weight is 1150 g/mol. The molecule has 0 amide bonds. The first-order chi connectivity index (χ1) is 41.8. The van der Waals surface area contributed by atoms with Crippen LogP contribution in [0.5, 0.6) is 0 Å². The van der Waals surface area contributed by atoms with Crippen molar-refractivity contribution in [1.29, 1.82) is 0 Å². The van der Waals surface area contributed by atoms with Crippen molar-refractivity contribution >= 4 is 5.78 Å². The topological polar surface area (TPSA) is 55.0 Å². The lowest BCUT2D eigenvalue weighted by atomic mass is 9.88. The maximum absolute atomic E-state index is 11.5. The van der Waals surface area contributed by atoms with E-state index >= 15 is 0 Å². The van der Waals surface area contributed by atoms with E-state index in [9.17, 15) is 4.79 Å². The number of hydrogen-bond donors (Lipinski definition) is 1. The predicted molar refractivity (Wildman–Crippen MR) is 354 cm³/mol. The molecule has 3 heterocycles. The molecule has 0 radical (unpaired) electrons. The van der Waals surface area contributed by atoms with Crippen molar-refractivity contribution in [2.45, 2.75) is 147 Å². The Labute approximate surface area is 514 Å². The minimum atomic E-state index is 0.427. The first kappa shape index (κ1) is 64.1. The molecule has 10 heteroatoms. The summed E-state index contributed by atoms with van der Waals surface area (Å²) in [4.78, 5) is 32.3. The number of benzene rings is 6. The minimum absolute atomic E-state index is 0.427. The van der Waals surface area contributed by atoms with Gasteiger partial charge in [-0.1, -0.05) is 182 Å². The van der Waals surface area contributed by atoms with Crippen molar-refractivity contribution in [2.24, 2.45) is 0 Å². The summed E-state index contributed by atoms with van der Waals surface area (Å²) in [5.74, 6) is 0.427. The highest BCUT2D eigenvalue weighted by atomic mass is 16.1. The molecule has 0 atom stereocenters. The van der Waals surface area contributed by atoms with Crippen molar-refractivity contribution in [1.82, 2.24) is 44.5 Å². The van der Waals surface area contributed by atoms with Gasteiger partial charge in [-0.25, -0.2) is 0 Å². The number of ketones is 1.